The SMILES string of the molecule is CCOc1ccc(NC(=O)COC(=O)C2CC(=O)N(c3ccc(C)c(Cl)c3)C2)cc1. The Morgan fingerprint density at radius 2 is 1.93 bits per heavy atom. The zero-order chi connectivity index (χ0) is 21.7. The summed E-state index contributed by atoms with van der Waals surface area (Å²) in [5, 5.41) is 3.20. The molecule has 1 heterocycles. The number of halogens is 1. The van der Waals surface area contributed by atoms with Crippen molar-refractivity contribution in [3.63, 3.8) is 0 Å². The molecule has 158 valence electrons. The van der Waals surface area contributed by atoms with E-state index in [2.05, 4.69) is 5.32 Å². The van der Waals surface area contributed by atoms with Crippen LogP contribution in [-0.4, -0.2) is 37.5 Å². The Hall–Kier alpha value is -3.06. The van der Waals surface area contributed by atoms with Crippen LogP contribution in [-0.2, 0) is 19.1 Å². The number of hydrogen-bond acceptors (Lipinski definition) is 5. The molecule has 1 unspecified atom stereocenters. The molecule has 0 aromatic heterocycles. The van der Waals surface area contributed by atoms with Crippen LogP contribution in [0, 0.1) is 12.8 Å². The number of ether oxygens (including phenoxy) is 2. The predicted molar refractivity (Wildman–Crippen MR) is 114 cm³/mol. The van der Waals surface area contributed by atoms with Crippen LogP contribution in [0.3, 0.4) is 0 Å². The molecule has 1 aliphatic heterocycles. The average molecular weight is 431 g/mol. The highest BCUT2D eigenvalue weighted by Gasteiger charge is 2.36. The lowest BCUT2D eigenvalue weighted by molar-refractivity contribution is -0.151. The van der Waals surface area contributed by atoms with E-state index < -0.39 is 24.4 Å². The normalized spacial score (nSPS) is 15.8. The number of anilines is 2. The first kappa shape index (κ1) is 21.6. The van der Waals surface area contributed by atoms with E-state index in [9.17, 15) is 14.4 Å². The number of esters is 1. The van der Waals surface area contributed by atoms with Crippen LogP contribution in [0.1, 0.15) is 18.9 Å². The third-order valence-electron chi connectivity index (χ3n) is 4.72. The molecule has 1 saturated heterocycles. The third kappa shape index (κ3) is 5.30. The Balaban J connectivity index is 1.50. The van der Waals surface area contributed by atoms with E-state index in [4.69, 9.17) is 21.1 Å². The third-order valence-corrected chi connectivity index (χ3v) is 5.13. The van der Waals surface area contributed by atoms with Gasteiger partial charge in [0.15, 0.2) is 6.61 Å². The van der Waals surface area contributed by atoms with Crippen molar-refractivity contribution in [2.45, 2.75) is 20.3 Å². The van der Waals surface area contributed by atoms with Crippen molar-refractivity contribution in [2.75, 3.05) is 30.0 Å². The van der Waals surface area contributed by atoms with Crippen LogP contribution >= 0.6 is 11.6 Å². The first-order valence-electron chi connectivity index (χ1n) is 9.63. The fourth-order valence-corrected chi connectivity index (χ4v) is 3.29. The standard InChI is InChI=1S/C22H23ClN2O5/c1-3-29-18-8-5-16(6-9-18)24-20(26)13-30-22(28)15-10-21(27)25(12-15)17-7-4-14(2)19(23)11-17/h4-9,11,15H,3,10,12-13H2,1-2H3,(H,24,26). The van der Waals surface area contributed by atoms with Crippen LogP contribution < -0.4 is 15.0 Å². The number of carbonyl (C=O) groups is 3. The summed E-state index contributed by atoms with van der Waals surface area (Å²) in [6.45, 7) is 4.08. The van der Waals surface area contributed by atoms with Gasteiger partial charge >= 0.3 is 5.97 Å². The topological polar surface area (TPSA) is 84.9 Å². The summed E-state index contributed by atoms with van der Waals surface area (Å²) >= 11 is 6.13. The van der Waals surface area contributed by atoms with E-state index in [0.29, 0.717) is 28.8 Å². The van der Waals surface area contributed by atoms with E-state index in [1.54, 1.807) is 36.4 Å². The number of amides is 2. The Labute approximate surface area is 179 Å². The minimum absolute atomic E-state index is 0.0326. The first-order chi connectivity index (χ1) is 14.4. The van der Waals surface area contributed by atoms with Gasteiger partial charge in [0, 0.05) is 29.4 Å². The van der Waals surface area contributed by atoms with E-state index in [1.807, 2.05) is 19.9 Å². The van der Waals surface area contributed by atoms with Gasteiger partial charge in [-0.05, 0) is 55.8 Å². The van der Waals surface area contributed by atoms with E-state index in [0.717, 1.165) is 5.56 Å². The van der Waals surface area contributed by atoms with Gasteiger partial charge in [0.2, 0.25) is 5.91 Å². The predicted octanol–water partition coefficient (Wildman–Crippen LogP) is 3.58. The molecule has 3 rings (SSSR count). The fraction of sp³-hybridized carbons (Fsp3) is 0.318. The van der Waals surface area contributed by atoms with Crippen LogP contribution in [0.2, 0.25) is 5.02 Å². The molecule has 1 atom stereocenters. The van der Waals surface area contributed by atoms with Gasteiger partial charge in [-0.3, -0.25) is 14.4 Å². The van der Waals surface area contributed by atoms with Crippen LogP contribution in [0.4, 0.5) is 11.4 Å². The molecule has 2 aromatic carbocycles. The summed E-state index contributed by atoms with van der Waals surface area (Å²) in [5.74, 6) is -1.15. The number of nitrogens with one attached hydrogen (secondary N) is 1. The summed E-state index contributed by atoms with van der Waals surface area (Å²) < 4.78 is 10.5. The zero-order valence-corrected chi connectivity index (χ0v) is 17.6. The van der Waals surface area contributed by atoms with Gasteiger partial charge in [-0.2, -0.15) is 0 Å². The van der Waals surface area contributed by atoms with Gasteiger partial charge < -0.3 is 19.7 Å². The van der Waals surface area contributed by atoms with Gasteiger partial charge in [0.1, 0.15) is 5.75 Å². The van der Waals surface area contributed by atoms with Gasteiger partial charge in [0.25, 0.3) is 5.91 Å². The van der Waals surface area contributed by atoms with E-state index in [-0.39, 0.29) is 18.9 Å². The zero-order valence-electron chi connectivity index (χ0n) is 16.8. The number of benzene rings is 2. The Bertz CT molecular complexity index is 945. The second-order valence-corrected chi connectivity index (χ2v) is 7.36. The lowest BCUT2D eigenvalue weighted by Crippen LogP contribution is -2.28. The van der Waals surface area contributed by atoms with E-state index >= 15 is 0 Å². The second-order valence-electron chi connectivity index (χ2n) is 6.95. The average Bonchev–Trinajstić information content (AvgIpc) is 3.12. The van der Waals surface area contributed by atoms with Gasteiger partial charge in [-0.1, -0.05) is 17.7 Å². The molecule has 1 N–H and O–H groups in total. The molecule has 0 radical (unpaired) electrons. The van der Waals surface area contributed by atoms with Crippen molar-refractivity contribution in [1.82, 2.24) is 0 Å². The van der Waals surface area contributed by atoms with Crippen LogP contribution in [0.25, 0.3) is 0 Å². The van der Waals surface area contributed by atoms with Crippen molar-refractivity contribution in [2.24, 2.45) is 5.92 Å². The highest BCUT2D eigenvalue weighted by Crippen LogP contribution is 2.29. The Morgan fingerprint density at radius 1 is 1.20 bits per heavy atom. The smallest absolute Gasteiger partial charge is 0.311 e. The largest absolute Gasteiger partial charge is 0.494 e. The van der Waals surface area contributed by atoms with Crippen molar-refractivity contribution >= 4 is 40.8 Å². The van der Waals surface area contributed by atoms with Crippen molar-refractivity contribution in [1.29, 1.82) is 0 Å². The quantitative estimate of drug-likeness (QED) is 0.678. The maximum Gasteiger partial charge on any atom is 0.311 e. The maximum absolute atomic E-state index is 12.3. The lowest BCUT2D eigenvalue weighted by atomic mass is 10.1. The molecule has 8 heteroatoms. The molecular formula is C22H23ClN2O5. The maximum atomic E-state index is 12.3. The molecule has 7 nitrogen and oxygen atoms in total. The minimum Gasteiger partial charge on any atom is -0.494 e. The highest BCUT2D eigenvalue weighted by molar-refractivity contribution is 6.31. The van der Waals surface area contributed by atoms with E-state index in [1.165, 1.54) is 4.90 Å². The first-order valence-corrected chi connectivity index (χ1v) is 10.0. The Kier molecular flexibility index (Phi) is 6.95. The van der Waals surface area contributed by atoms with Crippen molar-refractivity contribution in [3.05, 3.63) is 53.1 Å². The lowest BCUT2D eigenvalue weighted by Gasteiger charge is -2.17. The van der Waals surface area contributed by atoms with Crippen molar-refractivity contribution < 1.29 is 23.9 Å². The number of aryl methyl sites for hydroxylation is 1. The number of carbonyl (C=O) groups excluding carboxylic acids is 3. The molecule has 2 aromatic rings. The number of nitrogens with zero attached hydrogens (tertiary/aromatic N) is 1. The molecule has 0 spiro atoms. The summed E-state index contributed by atoms with van der Waals surface area (Å²) in [7, 11) is 0. The Morgan fingerprint density at radius 3 is 2.60 bits per heavy atom. The summed E-state index contributed by atoms with van der Waals surface area (Å²) in [4.78, 5) is 38.2. The molecule has 0 saturated carbocycles. The molecule has 1 aliphatic rings. The molecular weight excluding hydrogens is 408 g/mol. The van der Waals surface area contributed by atoms with Crippen LogP contribution in [0.15, 0.2) is 42.5 Å². The fourth-order valence-electron chi connectivity index (χ4n) is 3.12. The summed E-state index contributed by atoms with van der Waals surface area (Å²) in [6.07, 6.45) is 0.0326. The summed E-state index contributed by atoms with van der Waals surface area (Å²) in [6, 6.07) is 12.2. The molecule has 1 fully saturated rings. The van der Waals surface area contributed by atoms with Gasteiger partial charge in [-0.25, -0.2) is 0 Å². The second kappa shape index (κ2) is 9.63. The van der Waals surface area contributed by atoms with Crippen molar-refractivity contribution in [3.8, 4) is 5.75 Å². The minimum atomic E-state index is -0.629. The summed E-state index contributed by atoms with van der Waals surface area (Å²) in [5.41, 5.74) is 2.11. The number of rotatable bonds is 7. The van der Waals surface area contributed by atoms with Gasteiger partial charge in [-0.15, -0.1) is 0 Å². The molecule has 0 aliphatic carbocycles. The molecule has 0 bridgehead atoms. The molecule has 30 heavy (non-hydrogen) atoms. The van der Waals surface area contributed by atoms with Gasteiger partial charge in [0.05, 0.1) is 12.5 Å². The molecule has 2 amide bonds. The number of hydrogen-bond donors (Lipinski definition) is 1. The highest BCUT2D eigenvalue weighted by atomic mass is 35.5. The van der Waals surface area contributed by atoms with Crippen LogP contribution in [0.5, 0.6) is 5.75 Å². The monoisotopic (exact) mass is 430 g/mol.